The monoisotopic (exact) mass is 840 g/mol. The number of hydrogen-bond donors (Lipinski definition) is 4. The van der Waals surface area contributed by atoms with E-state index in [4.69, 9.17) is 18.9 Å². The fourth-order valence-electron chi connectivity index (χ4n) is 12.3. The molecule has 3 unspecified atom stereocenters. The summed E-state index contributed by atoms with van der Waals surface area (Å²) in [7, 11) is 0. The van der Waals surface area contributed by atoms with Crippen molar-refractivity contribution < 1.29 is 44.2 Å². The Bertz CT molecular complexity index is 1900. The number of aliphatic hydroxyl groups excluding tert-OH is 2. The molecule has 11 rings (SSSR count). The average Bonchev–Trinajstić information content (AvgIpc) is 4.07. The largest absolute Gasteiger partial charge is 0.519 e. The molecule has 2 aromatic carbocycles. The quantitative estimate of drug-likeness (QED) is 0.132. The Balaban J connectivity index is 0.915. The third-order valence-corrected chi connectivity index (χ3v) is 17.2. The third kappa shape index (κ3) is 4.46. The molecule has 53 heavy (non-hydrogen) atoms. The van der Waals surface area contributed by atoms with Gasteiger partial charge in [-0.2, -0.15) is 0 Å². The number of likely N-dealkylation sites (tertiary alicyclic amines) is 1. The number of nitrogens with zero attached hydrogens (tertiary/aromatic N) is 2. The van der Waals surface area contributed by atoms with Crippen molar-refractivity contribution in [3.05, 3.63) is 46.5 Å². The van der Waals surface area contributed by atoms with Gasteiger partial charge in [0.25, 0.3) is 0 Å². The van der Waals surface area contributed by atoms with Crippen LogP contribution in [0.2, 0.25) is 0 Å². The summed E-state index contributed by atoms with van der Waals surface area (Å²) >= 11 is 2.33. The number of piperidine rings is 1. The molecule has 9 aliphatic rings. The molecule has 2 aromatic rings. The number of hydrogen-bond acceptors (Lipinski definition) is 11. The number of carbonyl (C=O) groups is 1. The van der Waals surface area contributed by atoms with Gasteiger partial charge in [0.2, 0.25) is 0 Å². The van der Waals surface area contributed by atoms with Crippen molar-refractivity contribution in [2.24, 2.45) is 11.8 Å². The molecule has 3 heterocycles. The molecule has 4 N–H and O–H groups in total. The zero-order valence-electron chi connectivity index (χ0n) is 30.1. The van der Waals surface area contributed by atoms with E-state index in [9.17, 15) is 25.2 Å². The van der Waals surface area contributed by atoms with Crippen LogP contribution >= 0.6 is 22.6 Å². The maximum absolute atomic E-state index is 13.8. The zero-order valence-corrected chi connectivity index (χ0v) is 32.3. The predicted octanol–water partition coefficient (Wildman–Crippen LogP) is 4.12. The minimum absolute atomic E-state index is 0.0536. The summed E-state index contributed by atoms with van der Waals surface area (Å²) in [4.78, 5) is 18.7. The average molecular weight is 841 g/mol. The Hall–Kier alpha value is -2.20. The van der Waals surface area contributed by atoms with Crippen LogP contribution in [-0.2, 0) is 21.7 Å². The van der Waals surface area contributed by atoms with Crippen LogP contribution in [0, 0.1) is 11.8 Å². The van der Waals surface area contributed by atoms with Crippen molar-refractivity contribution in [3.63, 3.8) is 0 Å². The van der Waals surface area contributed by atoms with Gasteiger partial charge < -0.3 is 39.4 Å². The molecule has 5 fully saturated rings. The van der Waals surface area contributed by atoms with Crippen molar-refractivity contribution in [2.75, 3.05) is 26.2 Å². The van der Waals surface area contributed by atoms with E-state index >= 15 is 0 Å². The predicted molar refractivity (Wildman–Crippen MR) is 200 cm³/mol. The topological polar surface area (TPSA) is 141 Å². The summed E-state index contributed by atoms with van der Waals surface area (Å²) in [6.45, 7) is 5.75. The van der Waals surface area contributed by atoms with Gasteiger partial charge in [0.1, 0.15) is 21.2 Å². The number of rotatable bonds is 8. The maximum atomic E-state index is 13.8. The highest BCUT2D eigenvalue weighted by molar-refractivity contribution is 14.1. The van der Waals surface area contributed by atoms with E-state index in [1.807, 2.05) is 12.1 Å². The lowest BCUT2D eigenvalue weighted by Gasteiger charge is -2.63. The summed E-state index contributed by atoms with van der Waals surface area (Å²) in [5, 5.41) is 48.0. The van der Waals surface area contributed by atoms with E-state index in [1.165, 1.54) is 25.7 Å². The number of benzene rings is 2. The molecule has 4 saturated carbocycles. The number of ether oxygens (including phenoxy) is 4. The van der Waals surface area contributed by atoms with E-state index in [0.717, 1.165) is 48.4 Å². The van der Waals surface area contributed by atoms with E-state index in [1.54, 1.807) is 12.1 Å². The van der Waals surface area contributed by atoms with Crippen molar-refractivity contribution in [3.8, 4) is 23.0 Å². The highest BCUT2D eigenvalue weighted by atomic mass is 127. The molecule has 1 saturated heterocycles. The van der Waals surface area contributed by atoms with Gasteiger partial charge in [-0.05, 0) is 119 Å². The van der Waals surface area contributed by atoms with E-state index < -0.39 is 50.6 Å². The Morgan fingerprint density at radius 3 is 2.15 bits per heavy atom. The molecule has 6 aliphatic carbocycles. The van der Waals surface area contributed by atoms with Gasteiger partial charge in [-0.3, -0.25) is 9.80 Å². The molecule has 2 bridgehead atoms. The van der Waals surface area contributed by atoms with Crippen LogP contribution < -0.4 is 18.9 Å². The molecule has 1 spiro atoms. The van der Waals surface area contributed by atoms with Crippen LogP contribution in [0.5, 0.6) is 23.0 Å². The molecule has 11 nitrogen and oxygen atoms in total. The van der Waals surface area contributed by atoms with Gasteiger partial charge in [0, 0.05) is 36.3 Å². The molecule has 12 heteroatoms. The zero-order chi connectivity index (χ0) is 36.2. The van der Waals surface area contributed by atoms with Crippen molar-refractivity contribution in [2.45, 2.75) is 134 Å². The third-order valence-electron chi connectivity index (χ3n) is 15.1. The van der Waals surface area contributed by atoms with Crippen LogP contribution in [0.15, 0.2) is 24.3 Å². The first-order valence-electron chi connectivity index (χ1n) is 20.0. The summed E-state index contributed by atoms with van der Waals surface area (Å²) in [5.41, 5.74) is 0.766. The van der Waals surface area contributed by atoms with Gasteiger partial charge in [-0.15, -0.1) is 0 Å². The van der Waals surface area contributed by atoms with Crippen molar-refractivity contribution in [1.29, 1.82) is 0 Å². The van der Waals surface area contributed by atoms with Crippen LogP contribution in [0.3, 0.4) is 0 Å². The fraction of sp³-hybridized carbons (Fsp3) is 0.683. The second kappa shape index (κ2) is 11.4. The van der Waals surface area contributed by atoms with Gasteiger partial charge in [-0.25, -0.2) is 4.79 Å². The van der Waals surface area contributed by atoms with Gasteiger partial charge in [0.05, 0.1) is 23.2 Å². The Morgan fingerprint density at radius 1 is 0.849 bits per heavy atom. The standard InChI is InChI=1S/C41H49IN2O9/c1-2-43(19-21-3-4-21)30-18-24-8-10-28(34-32(24)41(42)36(53-34)26(46)12-14-40(30,41)49)51-37(47)50-27-9-7-23-17-29-39(48)13-11-25(45)35-38(39,31(23)33(27)52-35)15-16-44(29)20-22-5-6-22/h7-10,21-22,25-26,29-30,35-36,45-46,48-49H,2-6,11-20H2,1H3/t25-,26-,29-,30?,35?,36?,38+,39-,40-,41-/m1/s1. The lowest BCUT2D eigenvalue weighted by atomic mass is 9.48. The number of likely N-dealkylation sites (N-methyl/N-ethyl adjacent to an activating group) is 1. The Labute approximate surface area is 323 Å². The number of halogens is 1. The Morgan fingerprint density at radius 2 is 1.47 bits per heavy atom. The second-order valence-corrected chi connectivity index (χ2v) is 19.5. The van der Waals surface area contributed by atoms with Crippen LogP contribution in [0.4, 0.5) is 4.79 Å². The van der Waals surface area contributed by atoms with Crippen LogP contribution in [-0.4, -0.2) is 110 Å². The van der Waals surface area contributed by atoms with Crippen LogP contribution in [0.1, 0.15) is 87.0 Å². The van der Waals surface area contributed by atoms with Crippen molar-refractivity contribution in [1.82, 2.24) is 9.80 Å². The highest BCUT2D eigenvalue weighted by Crippen LogP contribution is 2.67. The first-order chi connectivity index (χ1) is 25.5. The van der Waals surface area contributed by atoms with E-state index in [-0.39, 0.29) is 23.6 Å². The smallest absolute Gasteiger partial charge is 0.482 e. The molecule has 0 amide bonds. The fourth-order valence-corrected chi connectivity index (χ4v) is 14.0. The first-order valence-corrected chi connectivity index (χ1v) is 21.1. The minimum atomic E-state index is -1.15. The number of alkyl halides is 1. The normalized spacial score (nSPS) is 41.3. The molecular formula is C41H49IN2O9. The molecule has 10 atom stereocenters. The molecular weight excluding hydrogens is 791 g/mol. The number of carbonyl (C=O) groups excluding carboxylic acids is 1. The van der Waals surface area contributed by atoms with Gasteiger partial charge in [0.15, 0.2) is 23.0 Å². The minimum Gasteiger partial charge on any atom is -0.482 e. The lowest BCUT2D eigenvalue weighted by molar-refractivity contribution is -0.208. The molecule has 284 valence electrons. The molecule has 0 aromatic heterocycles. The van der Waals surface area contributed by atoms with Crippen molar-refractivity contribution >= 4 is 28.7 Å². The molecule has 3 aliphatic heterocycles. The SMILES string of the molecule is CCN(CC1CC1)C1Cc2ccc(OC(=O)Oc3ccc4c5c3OC3[C@H](O)CC[C@@]6(O)[C@@H](C4)N(CC4CC4)CC[C@]536)c3c2[C@@]2(I)C(O3)[C@H](O)CC[C@@]12O. The van der Waals surface area contributed by atoms with E-state index in [2.05, 4.69) is 39.3 Å². The van der Waals surface area contributed by atoms with Gasteiger partial charge >= 0.3 is 6.16 Å². The summed E-state index contributed by atoms with van der Waals surface area (Å²) in [5.74, 6) is 2.52. The summed E-state index contributed by atoms with van der Waals surface area (Å²) in [6.07, 6.45) is 4.85. The summed E-state index contributed by atoms with van der Waals surface area (Å²) in [6, 6.07) is 7.25. The lowest BCUT2D eigenvalue weighted by Crippen LogP contribution is -2.77. The maximum Gasteiger partial charge on any atom is 0.519 e. The molecule has 0 radical (unpaired) electrons. The van der Waals surface area contributed by atoms with Gasteiger partial charge in [-0.1, -0.05) is 41.6 Å². The first kappa shape index (κ1) is 34.1. The van der Waals surface area contributed by atoms with Crippen LogP contribution in [0.25, 0.3) is 0 Å². The second-order valence-electron chi connectivity index (χ2n) is 17.8. The highest BCUT2D eigenvalue weighted by Gasteiger charge is 2.74. The summed E-state index contributed by atoms with van der Waals surface area (Å²) < 4.78 is 24.1. The van der Waals surface area contributed by atoms with E-state index in [0.29, 0.717) is 68.3 Å². The number of aliphatic hydroxyl groups is 4. The Kier molecular flexibility index (Phi) is 7.36.